The fourth-order valence-corrected chi connectivity index (χ4v) is 2.73. The largest absolute Gasteiger partial charge is 0.384 e. The van der Waals surface area contributed by atoms with Crippen molar-refractivity contribution in [2.75, 3.05) is 18.1 Å². The molecule has 1 N–H and O–H groups in total. The van der Waals surface area contributed by atoms with Crippen LogP contribution in [0.1, 0.15) is 35.4 Å². The molecule has 0 radical (unpaired) electrons. The van der Waals surface area contributed by atoms with Crippen molar-refractivity contribution in [3.05, 3.63) is 41.5 Å². The summed E-state index contributed by atoms with van der Waals surface area (Å²) in [5.41, 5.74) is 2.14. The van der Waals surface area contributed by atoms with Gasteiger partial charge >= 0.3 is 0 Å². The van der Waals surface area contributed by atoms with Gasteiger partial charge in [0.15, 0.2) is 15.7 Å². The first-order valence-corrected chi connectivity index (χ1v) is 8.27. The first kappa shape index (κ1) is 13.1. The highest BCUT2D eigenvalue weighted by molar-refractivity contribution is 7.90. The third-order valence-electron chi connectivity index (χ3n) is 3.59. The number of aromatic nitrogens is 2. The number of hydrogen-bond acceptors (Lipinski definition) is 6. The van der Waals surface area contributed by atoms with Crippen LogP contribution in [-0.4, -0.2) is 31.4 Å². The first-order chi connectivity index (χ1) is 9.47. The molecule has 0 bridgehead atoms. The number of hydrogen-bond donors (Lipinski definition) is 1. The number of anilines is 1. The highest BCUT2D eigenvalue weighted by Crippen LogP contribution is 2.35. The Labute approximate surface area is 117 Å². The zero-order valence-corrected chi connectivity index (χ0v) is 12.0. The molecule has 0 saturated carbocycles. The van der Waals surface area contributed by atoms with Gasteiger partial charge in [-0.25, -0.2) is 8.42 Å². The lowest BCUT2D eigenvalue weighted by molar-refractivity contribution is 0.365. The van der Waals surface area contributed by atoms with Crippen molar-refractivity contribution in [2.45, 2.75) is 18.1 Å². The Balaban J connectivity index is 1.93. The Hall–Kier alpha value is -1.89. The third-order valence-corrected chi connectivity index (χ3v) is 5.09. The van der Waals surface area contributed by atoms with Crippen molar-refractivity contribution in [1.82, 2.24) is 10.1 Å². The van der Waals surface area contributed by atoms with Gasteiger partial charge in [0, 0.05) is 18.5 Å². The second-order valence-corrected chi connectivity index (χ2v) is 7.35. The van der Waals surface area contributed by atoms with Gasteiger partial charge in [0.05, 0.1) is 5.92 Å². The van der Waals surface area contributed by atoms with Gasteiger partial charge in [-0.2, -0.15) is 4.98 Å². The van der Waals surface area contributed by atoms with Gasteiger partial charge in [0.1, 0.15) is 5.25 Å². The standard InChI is InChI=1S/C13H15N3O3S/c1-8(20(2,17)18)12-15-13(19-16-12)10-7-14-11-6-4-3-5-9(10)11/h3-6,8,10,14H,7H2,1-2H3. The van der Waals surface area contributed by atoms with E-state index in [4.69, 9.17) is 4.52 Å². The minimum absolute atomic E-state index is 0.0285. The average Bonchev–Trinajstić information content (AvgIpc) is 3.02. The fourth-order valence-electron chi connectivity index (χ4n) is 2.25. The summed E-state index contributed by atoms with van der Waals surface area (Å²) in [7, 11) is -3.23. The van der Waals surface area contributed by atoms with Gasteiger partial charge < -0.3 is 9.84 Å². The Morgan fingerprint density at radius 1 is 1.40 bits per heavy atom. The van der Waals surface area contributed by atoms with Crippen LogP contribution in [0.3, 0.4) is 0 Å². The molecule has 3 rings (SSSR count). The summed E-state index contributed by atoms with van der Waals surface area (Å²) in [6.45, 7) is 2.24. The predicted molar refractivity (Wildman–Crippen MR) is 74.3 cm³/mol. The maximum Gasteiger partial charge on any atom is 0.236 e. The van der Waals surface area contributed by atoms with Crippen molar-refractivity contribution >= 4 is 15.5 Å². The molecule has 6 nitrogen and oxygen atoms in total. The number of nitrogens with one attached hydrogen (secondary N) is 1. The molecular formula is C13H15N3O3S. The van der Waals surface area contributed by atoms with Crippen LogP contribution in [0.15, 0.2) is 28.8 Å². The van der Waals surface area contributed by atoms with E-state index < -0.39 is 15.1 Å². The quantitative estimate of drug-likeness (QED) is 0.927. The number of fused-ring (bicyclic) bond motifs is 1. The molecule has 2 heterocycles. The SMILES string of the molecule is CC(c1noc(C2CNc3ccccc32)n1)S(C)(=O)=O. The zero-order valence-electron chi connectivity index (χ0n) is 11.2. The number of sulfone groups is 1. The zero-order chi connectivity index (χ0) is 14.3. The number of para-hydroxylation sites is 1. The Morgan fingerprint density at radius 3 is 2.90 bits per heavy atom. The van der Waals surface area contributed by atoms with Crippen LogP contribution in [-0.2, 0) is 9.84 Å². The average molecular weight is 293 g/mol. The van der Waals surface area contributed by atoms with Crippen LogP contribution in [0.4, 0.5) is 5.69 Å². The molecule has 20 heavy (non-hydrogen) atoms. The van der Waals surface area contributed by atoms with E-state index in [2.05, 4.69) is 15.5 Å². The highest BCUT2D eigenvalue weighted by Gasteiger charge is 2.30. The molecule has 1 aromatic carbocycles. The van der Waals surface area contributed by atoms with Crippen molar-refractivity contribution < 1.29 is 12.9 Å². The summed E-state index contributed by atoms with van der Waals surface area (Å²) in [6, 6.07) is 7.91. The lowest BCUT2D eigenvalue weighted by Gasteiger charge is -2.04. The van der Waals surface area contributed by atoms with E-state index in [1.165, 1.54) is 6.26 Å². The molecule has 0 fully saturated rings. The second kappa shape index (κ2) is 4.59. The lowest BCUT2D eigenvalue weighted by atomic mass is 10.0. The molecule has 0 aliphatic carbocycles. The van der Waals surface area contributed by atoms with Gasteiger partial charge in [-0.15, -0.1) is 0 Å². The number of benzene rings is 1. The number of nitrogens with zero attached hydrogens (tertiary/aromatic N) is 2. The van der Waals surface area contributed by atoms with Crippen LogP contribution < -0.4 is 5.32 Å². The maximum atomic E-state index is 11.5. The molecule has 0 spiro atoms. The molecule has 1 aromatic heterocycles. The summed E-state index contributed by atoms with van der Waals surface area (Å²) >= 11 is 0. The van der Waals surface area contributed by atoms with Gasteiger partial charge in [-0.3, -0.25) is 0 Å². The second-order valence-electron chi connectivity index (χ2n) is 4.98. The predicted octanol–water partition coefficient (Wildman–Crippen LogP) is 1.73. The van der Waals surface area contributed by atoms with Crippen LogP contribution >= 0.6 is 0 Å². The molecule has 2 atom stereocenters. The van der Waals surface area contributed by atoms with Gasteiger partial charge in [-0.05, 0) is 18.6 Å². The molecule has 1 aliphatic heterocycles. The minimum atomic E-state index is -3.23. The van der Waals surface area contributed by atoms with Crippen LogP contribution in [0.25, 0.3) is 0 Å². The first-order valence-electron chi connectivity index (χ1n) is 6.32. The summed E-state index contributed by atoms with van der Waals surface area (Å²) < 4.78 is 28.3. The topological polar surface area (TPSA) is 85.1 Å². The van der Waals surface area contributed by atoms with E-state index in [9.17, 15) is 8.42 Å². The fraction of sp³-hybridized carbons (Fsp3) is 0.385. The molecule has 2 aromatic rings. The summed E-state index contributed by atoms with van der Waals surface area (Å²) in [6.07, 6.45) is 1.17. The monoisotopic (exact) mass is 293 g/mol. The number of rotatable bonds is 3. The van der Waals surface area contributed by atoms with Crippen LogP contribution in [0.2, 0.25) is 0 Å². The molecule has 106 valence electrons. The van der Waals surface area contributed by atoms with Gasteiger partial charge in [0.2, 0.25) is 5.89 Å². The smallest absolute Gasteiger partial charge is 0.236 e. The molecule has 0 amide bonds. The van der Waals surface area contributed by atoms with Crippen LogP contribution in [0, 0.1) is 0 Å². The summed E-state index contributed by atoms with van der Waals surface area (Å²) in [5.74, 6) is 0.638. The molecule has 2 unspecified atom stereocenters. The van der Waals surface area contributed by atoms with E-state index in [0.717, 1.165) is 11.3 Å². The van der Waals surface area contributed by atoms with Crippen LogP contribution in [0.5, 0.6) is 0 Å². The lowest BCUT2D eigenvalue weighted by Crippen LogP contribution is -2.10. The minimum Gasteiger partial charge on any atom is -0.384 e. The molecule has 7 heteroatoms. The van der Waals surface area contributed by atoms with E-state index in [0.29, 0.717) is 12.4 Å². The van der Waals surface area contributed by atoms with Gasteiger partial charge in [-0.1, -0.05) is 23.4 Å². The Bertz CT molecular complexity index is 739. The summed E-state index contributed by atoms with van der Waals surface area (Å²) in [4.78, 5) is 4.26. The van der Waals surface area contributed by atoms with E-state index in [1.54, 1.807) is 6.92 Å². The molecular weight excluding hydrogens is 278 g/mol. The van der Waals surface area contributed by atoms with Gasteiger partial charge in [0.25, 0.3) is 0 Å². The van der Waals surface area contributed by atoms with Crippen molar-refractivity contribution in [1.29, 1.82) is 0 Å². The Kier molecular flexibility index (Phi) is 3.01. The molecule has 0 saturated heterocycles. The van der Waals surface area contributed by atoms with E-state index >= 15 is 0 Å². The van der Waals surface area contributed by atoms with E-state index in [-0.39, 0.29) is 11.7 Å². The molecule has 1 aliphatic rings. The van der Waals surface area contributed by atoms with Crippen molar-refractivity contribution in [3.63, 3.8) is 0 Å². The van der Waals surface area contributed by atoms with E-state index in [1.807, 2.05) is 24.3 Å². The van der Waals surface area contributed by atoms with Crippen molar-refractivity contribution in [2.24, 2.45) is 0 Å². The third kappa shape index (κ3) is 2.18. The summed E-state index contributed by atoms with van der Waals surface area (Å²) in [5, 5.41) is 6.32. The highest BCUT2D eigenvalue weighted by atomic mass is 32.2. The Morgan fingerprint density at radius 2 is 2.15 bits per heavy atom. The van der Waals surface area contributed by atoms with Crippen molar-refractivity contribution in [3.8, 4) is 0 Å². The maximum absolute atomic E-state index is 11.5. The normalized spacial score (nSPS) is 19.4.